The third-order valence-corrected chi connectivity index (χ3v) is 4.21. The van der Waals surface area contributed by atoms with Crippen LogP contribution in [-0.2, 0) is 23.0 Å². The number of methoxy groups -OCH3 is 1. The van der Waals surface area contributed by atoms with Crippen LogP contribution in [0.1, 0.15) is 21.5 Å². The van der Waals surface area contributed by atoms with E-state index in [1.54, 1.807) is 24.4 Å². The van der Waals surface area contributed by atoms with Crippen LogP contribution in [0.4, 0.5) is 0 Å². The summed E-state index contributed by atoms with van der Waals surface area (Å²) >= 11 is 0. The zero-order valence-electron chi connectivity index (χ0n) is 14.2. The molecule has 0 bridgehead atoms. The van der Waals surface area contributed by atoms with Crippen LogP contribution in [-0.4, -0.2) is 39.2 Å². The highest BCUT2D eigenvalue weighted by Crippen LogP contribution is 2.13. The fourth-order valence-corrected chi connectivity index (χ4v) is 2.70. The van der Waals surface area contributed by atoms with Crippen molar-refractivity contribution in [2.24, 2.45) is 0 Å². The maximum absolute atomic E-state index is 12.2. The maximum Gasteiger partial charge on any atom is 0.251 e. The molecule has 25 heavy (non-hydrogen) atoms. The van der Waals surface area contributed by atoms with Crippen LogP contribution in [0.25, 0.3) is 0 Å². The van der Waals surface area contributed by atoms with Crippen molar-refractivity contribution in [3.63, 3.8) is 0 Å². The highest BCUT2D eigenvalue weighted by Gasteiger charge is 2.08. The van der Waals surface area contributed by atoms with Crippen molar-refractivity contribution in [2.75, 3.05) is 19.9 Å². The Kier molecular flexibility index (Phi) is 6.49. The molecule has 0 aliphatic heterocycles. The van der Waals surface area contributed by atoms with E-state index in [1.807, 2.05) is 18.2 Å². The zero-order chi connectivity index (χ0) is 18.3. The smallest absolute Gasteiger partial charge is 0.251 e. The summed E-state index contributed by atoms with van der Waals surface area (Å²) < 4.78 is 29.6. The van der Waals surface area contributed by atoms with E-state index >= 15 is 0 Å². The molecule has 0 radical (unpaired) electrons. The Labute approximate surface area is 147 Å². The van der Waals surface area contributed by atoms with Gasteiger partial charge in [-0.1, -0.05) is 18.2 Å². The topological polar surface area (TPSA) is 97.4 Å². The van der Waals surface area contributed by atoms with Gasteiger partial charge in [0.1, 0.15) is 0 Å². The molecule has 0 spiro atoms. The second-order valence-electron chi connectivity index (χ2n) is 5.47. The van der Waals surface area contributed by atoms with Gasteiger partial charge in [0.05, 0.1) is 13.4 Å². The van der Waals surface area contributed by atoms with Crippen LogP contribution in [0, 0.1) is 0 Å². The van der Waals surface area contributed by atoms with E-state index < -0.39 is 10.0 Å². The number of amides is 1. The fourth-order valence-electron chi connectivity index (χ4n) is 2.22. The molecule has 0 unspecified atom stereocenters. The molecule has 1 amide bonds. The zero-order valence-corrected chi connectivity index (χ0v) is 15.0. The first kappa shape index (κ1) is 18.9. The molecule has 1 heterocycles. The molecule has 1 aromatic heterocycles. The molecule has 0 saturated heterocycles. The average molecular weight is 363 g/mol. The summed E-state index contributed by atoms with van der Waals surface area (Å²) in [5.74, 6) is 0.281. The van der Waals surface area contributed by atoms with Gasteiger partial charge >= 0.3 is 0 Å². The maximum atomic E-state index is 12.2. The molecular formula is C17H21N3O4S. The van der Waals surface area contributed by atoms with Crippen molar-refractivity contribution in [3.8, 4) is 5.88 Å². The third-order valence-electron chi connectivity index (χ3n) is 3.48. The predicted octanol–water partition coefficient (Wildman–Crippen LogP) is 1.11. The van der Waals surface area contributed by atoms with E-state index in [4.69, 9.17) is 4.74 Å². The molecule has 7 nitrogen and oxygen atoms in total. The van der Waals surface area contributed by atoms with Crippen molar-refractivity contribution >= 4 is 15.9 Å². The largest absolute Gasteiger partial charge is 0.481 e. The number of aromatic nitrogens is 1. The first-order chi connectivity index (χ1) is 11.9. The number of rotatable bonds is 8. The first-order valence-electron chi connectivity index (χ1n) is 7.68. The summed E-state index contributed by atoms with van der Waals surface area (Å²) in [5, 5.41) is 2.82. The third kappa shape index (κ3) is 6.17. The van der Waals surface area contributed by atoms with Gasteiger partial charge in [0.2, 0.25) is 15.9 Å². The summed E-state index contributed by atoms with van der Waals surface area (Å²) in [6, 6.07) is 10.7. The van der Waals surface area contributed by atoms with Crippen molar-refractivity contribution in [1.82, 2.24) is 15.0 Å². The Morgan fingerprint density at radius 1 is 1.20 bits per heavy atom. The molecule has 0 aliphatic carbocycles. The van der Waals surface area contributed by atoms with E-state index in [0.717, 1.165) is 17.4 Å². The number of nitrogens with zero attached hydrogens (tertiary/aromatic N) is 1. The number of hydrogen-bond donors (Lipinski definition) is 2. The quantitative estimate of drug-likeness (QED) is 0.732. The number of hydrogen-bond acceptors (Lipinski definition) is 5. The van der Waals surface area contributed by atoms with E-state index in [0.29, 0.717) is 31.0 Å². The van der Waals surface area contributed by atoms with Crippen LogP contribution >= 0.6 is 0 Å². The summed E-state index contributed by atoms with van der Waals surface area (Å²) in [6.45, 7) is 0.640. The molecule has 2 aromatic rings. The highest BCUT2D eigenvalue weighted by molar-refractivity contribution is 7.88. The van der Waals surface area contributed by atoms with Gasteiger partial charge in [-0.3, -0.25) is 4.79 Å². The molecule has 0 atom stereocenters. The average Bonchev–Trinajstić information content (AvgIpc) is 2.59. The summed E-state index contributed by atoms with van der Waals surface area (Å²) in [4.78, 5) is 16.3. The molecule has 134 valence electrons. The first-order valence-corrected chi connectivity index (χ1v) is 9.58. The summed E-state index contributed by atoms with van der Waals surface area (Å²) in [7, 11) is -1.65. The van der Waals surface area contributed by atoms with Crippen LogP contribution < -0.4 is 14.8 Å². The standard InChI is InChI=1S/C17H21N3O4S/c1-24-17-15(4-3-10-18-17)12-19-16(21)14-7-5-13(6-8-14)9-11-20-25(2,22)23/h3-8,10,20H,9,11-12H2,1-2H3,(H,19,21). The van der Waals surface area contributed by atoms with Crippen molar-refractivity contribution < 1.29 is 17.9 Å². The number of sulfonamides is 1. The Morgan fingerprint density at radius 3 is 2.56 bits per heavy atom. The monoisotopic (exact) mass is 363 g/mol. The van der Waals surface area contributed by atoms with Crippen molar-refractivity contribution in [3.05, 3.63) is 59.3 Å². The number of ether oxygens (including phenoxy) is 1. The van der Waals surface area contributed by atoms with Gasteiger partial charge in [0.15, 0.2) is 0 Å². The minimum atomic E-state index is -3.18. The Bertz CT molecular complexity index is 820. The second kappa shape index (κ2) is 8.59. The number of benzene rings is 1. The van der Waals surface area contributed by atoms with E-state index in [-0.39, 0.29) is 5.91 Å². The lowest BCUT2D eigenvalue weighted by atomic mass is 10.1. The number of nitrogens with one attached hydrogen (secondary N) is 2. The van der Waals surface area contributed by atoms with Crippen LogP contribution in [0.3, 0.4) is 0 Å². The highest BCUT2D eigenvalue weighted by atomic mass is 32.2. The minimum absolute atomic E-state index is 0.202. The Morgan fingerprint density at radius 2 is 1.92 bits per heavy atom. The predicted molar refractivity (Wildman–Crippen MR) is 95.0 cm³/mol. The molecule has 2 rings (SSSR count). The lowest BCUT2D eigenvalue weighted by molar-refractivity contribution is 0.0950. The van der Waals surface area contributed by atoms with Gasteiger partial charge in [-0.25, -0.2) is 18.1 Å². The Balaban J connectivity index is 1.89. The van der Waals surface area contributed by atoms with Gasteiger partial charge in [0, 0.05) is 30.4 Å². The number of carbonyl (C=O) groups excluding carboxylic acids is 1. The minimum Gasteiger partial charge on any atom is -0.481 e. The van der Waals surface area contributed by atoms with Gasteiger partial charge < -0.3 is 10.1 Å². The summed E-state index contributed by atoms with van der Waals surface area (Å²) in [6.07, 6.45) is 3.31. The van der Waals surface area contributed by atoms with Gasteiger partial charge in [-0.05, 0) is 30.2 Å². The number of pyridine rings is 1. The van der Waals surface area contributed by atoms with Crippen LogP contribution in [0.2, 0.25) is 0 Å². The van der Waals surface area contributed by atoms with E-state index in [2.05, 4.69) is 15.0 Å². The molecule has 1 aromatic carbocycles. The lowest BCUT2D eigenvalue weighted by Crippen LogP contribution is -2.24. The fraction of sp³-hybridized carbons (Fsp3) is 0.294. The molecule has 2 N–H and O–H groups in total. The molecule has 0 aliphatic rings. The van der Waals surface area contributed by atoms with Crippen LogP contribution in [0.15, 0.2) is 42.6 Å². The van der Waals surface area contributed by atoms with E-state index in [1.165, 1.54) is 7.11 Å². The van der Waals surface area contributed by atoms with Crippen molar-refractivity contribution in [2.45, 2.75) is 13.0 Å². The number of carbonyl (C=O) groups is 1. The summed E-state index contributed by atoms with van der Waals surface area (Å²) in [5.41, 5.74) is 2.27. The molecule has 0 saturated carbocycles. The van der Waals surface area contributed by atoms with Crippen LogP contribution in [0.5, 0.6) is 5.88 Å². The molecule has 0 fully saturated rings. The van der Waals surface area contributed by atoms with Crippen molar-refractivity contribution in [1.29, 1.82) is 0 Å². The SMILES string of the molecule is COc1ncccc1CNC(=O)c1ccc(CCNS(C)(=O)=O)cc1. The lowest BCUT2D eigenvalue weighted by Gasteiger charge is -2.09. The molecule has 8 heteroatoms. The second-order valence-corrected chi connectivity index (χ2v) is 7.30. The van der Waals surface area contributed by atoms with Gasteiger partial charge in [-0.2, -0.15) is 0 Å². The Hall–Kier alpha value is -2.45. The van der Waals surface area contributed by atoms with Gasteiger partial charge in [-0.15, -0.1) is 0 Å². The molecular weight excluding hydrogens is 342 g/mol. The van der Waals surface area contributed by atoms with Gasteiger partial charge in [0.25, 0.3) is 5.91 Å². The normalized spacial score (nSPS) is 11.1. The van der Waals surface area contributed by atoms with E-state index in [9.17, 15) is 13.2 Å².